The molecule has 1 N–H and O–H groups in total. The van der Waals surface area contributed by atoms with Crippen LogP contribution in [0.3, 0.4) is 0 Å². The second kappa shape index (κ2) is 4.01. The Bertz CT molecular complexity index is 370. The van der Waals surface area contributed by atoms with Crippen molar-refractivity contribution in [1.29, 1.82) is 0 Å². The lowest BCUT2D eigenvalue weighted by Crippen LogP contribution is -2.31. The number of halogens is 1. The molecule has 1 fully saturated rings. The second-order valence-corrected chi connectivity index (χ2v) is 4.12. The molecule has 0 amide bonds. The number of carboxylic acid groups (broad SMARTS) is 1. The van der Waals surface area contributed by atoms with Gasteiger partial charge in [-0.3, -0.25) is 4.79 Å². The number of hydrogen-bond donors (Lipinski definition) is 1. The van der Waals surface area contributed by atoms with Gasteiger partial charge in [-0.15, -0.1) is 0 Å². The van der Waals surface area contributed by atoms with Crippen molar-refractivity contribution in [3.05, 3.63) is 35.6 Å². The van der Waals surface area contributed by atoms with Gasteiger partial charge in [0.2, 0.25) is 0 Å². The minimum absolute atomic E-state index is 0.185. The molecule has 0 spiro atoms. The maximum absolute atomic E-state index is 12.8. The van der Waals surface area contributed by atoms with E-state index in [1.165, 1.54) is 6.07 Å². The third-order valence-electron chi connectivity index (χ3n) is 2.94. The Morgan fingerprint density at radius 3 is 2.93 bits per heavy atom. The van der Waals surface area contributed by atoms with Crippen molar-refractivity contribution in [2.45, 2.75) is 19.3 Å². The van der Waals surface area contributed by atoms with Crippen LogP contribution >= 0.6 is 0 Å². The summed E-state index contributed by atoms with van der Waals surface area (Å²) in [5.41, 5.74) is 0.931. The Balaban J connectivity index is 1.87. The van der Waals surface area contributed by atoms with E-state index in [1.54, 1.807) is 6.07 Å². The average Bonchev–Trinajstić information content (AvgIpc) is 2.10. The molecule has 1 aliphatic carbocycles. The fourth-order valence-corrected chi connectivity index (χ4v) is 2.05. The number of hydrogen-bond acceptors (Lipinski definition) is 1. The van der Waals surface area contributed by atoms with E-state index in [0.29, 0.717) is 5.92 Å². The molecule has 0 unspecified atom stereocenters. The molecule has 0 saturated heterocycles. The van der Waals surface area contributed by atoms with Crippen molar-refractivity contribution in [1.82, 2.24) is 0 Å². The average molecular weight is 207 g/mol. The molecular weight excluding hydrogens is 195 g/mol. The zero-order valence-electron chi connectivity index (χ0n) is 8.24. The summed E-state index contributed by atoms with van der Waals surface area (Å²) in [5.74, 6) is -0.844. The minimum Gasteiger partial charge on any atom is -0.481 e. The van der Waals surface area contributed by atoms with Crippen LogP contribution in [0.1, 0.15) is 18.4 Å². The minimum atomic E-state index is -0.709. The highest BCUT2D eigenvalue weighted by atomic mass is 19.1. The molecule has 0 bridgehead atoms. The predicted molar refractivity (Wildman–Crippen MR) is 52.8 cm³/mol. The lowest BCUT2D eigenvalue weighted by molar-refractivity contribution is -0.146. The van der Waals surface area contributed by atoms with Crippen LogP contribution in [0, 0.1) is 23.7 Å². The highest BCUT2D eigenvalue weighted by Crippen LogP contribution is 2.36. The number of benzene rings is 1. The molecule has 0 atom stereocenters. The molecule has 0 heterocycles. The van der Waals surface area contributed by atoms with Gasteiger partial charge in [0, 0.05) is 6.07 Å². The van der Waals surface area contributed by atoms with E-state index in [0.717, 1.165) is 24.8 Å². The zero-order valence-corrected chi connectivity index (χ0v) is 8.24. The number of aliphatic carboxylic acids is 1. The van der Waals surface area contributed by atoms with E-state index in [2.05, 4.69) is 6.07 Å². The molecule has 1 radical (unpaired) electrons. The topological polar surface area (TPSA) is 37.3 Å². The largest absolute Gasteiger partial charge is 0.481 e. The van der Waals surface area contributed by atoms with Gasteiger partial charge in [0.05, 0.1) is 5.92 Å². The van der Waals surface area contributed by atoms with E-state index in [4.69, 9.17) is 5.11 Å². The molecule has 15 heavy (non-hydrogen) atoms. The Kier molecular flexibility index (Phi) is 2.71. The fraction of sp³-hybridized carbons (Fsp3) is 0.417. The SMILES string of the molecule is O=C(O)C1CC(Cc2cc[c]c(F)c2)C1. The van der Waals surface area contributed by atoms with Crippen LogP contribution in [-0.2, 0) is 11.2 Å². The molecule has 1 aromatic rings. The quantitative estimate of drug-likeness (QED) is 0.825. The number of carboxylic acids is 1. The van der Waals surface area contributed by atoms with Gasteiger partial charge in [0.25, 0.3) is 0 Å². The van der Waals surface area contributed by atoms with Crippen LogP contribution in [0.4, 0.5) is 4.39 Å². The van der Waals surface area contributed by atoms with E-state index < -0.39 is 5.97 Å². The molecular formula is C12H12FO2. The van der Waals surface area contributed by atoms with Crippen LogP contribution < -0.4 is 0 Å². The van der Waals surface area contributed by atoms with Crippen LogP contribution in [0.5, 0.6) is 0 Å². The first-order valence-corrected chi connectivity index (χ1v) is 5.04. The summed E-state index contributed by atoms with van der Waals surface area (Å²) in [5, 5.41) is 8.70. The first kappa shape index (κ1) is 10.1. The van der Waals surface area contributed by atoms with E-state index in [-0.39, 0.29) is 11.7 Å². The van der Waals surface area contributed by atoms with Gasteiger partial charge < -0.3 is 5.11 Å². The Hall–Kier alpha value is -1.38. The van der Waals surface area contributed by atoms with Gasteiger partial charge in [-0.2, -0.15) is 0 Å². The fourth-order valence-electron chi connectivity index (χ4n) is 2.05. The van der Waals surface area contributed by atoms with Crippen molar-refractivity contribution in [3.8, 4) is 0 Å². The summed E-state index contributed by atoms with van der Waals surface area (Å²) in [6, 6.07) is 7.31. The van der Waals surface area contributed by atoms with Crippen molar-refractivity contribution in [2.75, 3.05) is 0 Å². The monoisotopic (exact) mass is 207 g/mol. The summed E-state index contributed by atoms with van der Waals surface area (Å²) in [7, 11) is 0. The first-order chi connectivity index (χ1) is 7.15. The summed E-state index contributed by atoms with van der Waals surface area (Å²) in [6.45, 7) is 0. The van der Waals surface area contributed by atoms with Crippen LogP contribution in [0.2, 0.25) is 0 Å². The van der Waals surface area contributed by atoms with E-state index in [9.17, 15) is 9.18 Å². The van der Waals surface area contributed by atoms with Gasteiger partial charge in [0.1, 0.15) is 5.82 Å². The third-order valence-corrected chi connectivity index (χ3v) is 2.94. The maximum atomic E-state index is 12.8. The summed E-state index contributed by atoms with van der Waals surface area (Å²) in [4.78, 5) is 10.6. The van der Waals surface area contributed by atoms with Gasteiger partial charge in [-0.05, 0) is 36.8 Å². The molecule has 0 aliphatic heterocycles. The summed E-state index contributed by atoms with van der Waals surface area (Å²) >= 11 is 0. The van der Waals surface area contributed by atoms with Crippen molar-refractivity contribution < 1.29 is 14.3 Å². The van der Waals surface area contributed by atoms with Crippen molar-refractivity contribution >= 4 is 5.97 Å². The highest BCUT2D eigenvalue weighted by Gasteiger charge is 2.34. The summed E-state index contributed by atoms with van der Waals surface area (Å²) in [6.07, 6.45) is 2.21. The molecule has 2 rings (SSSR count). The predicted octanol–water partition coefficient (Wildman–Crippen LogP) is 2.28. The molecule has 1 saturated carbocycles. The number of rotatable bonds is 3. The van der Waals surface area contributed by atoms with Gasteiger partial charge in [0.15, 0.2) is 0 Å². The number of carbonyl (C=O) groups is 1. The third kappa shape index (κ3) is 2.35. The standard InChI is InChI=1S/C12H12FO2/c13-11-3-1-2-8(7-11)4-9-5-10(6-9)12(14)15/h1-2,7,9-10H,4-6H2,(H,14,15). The van der Waals surface area contributed by atoms with Crippen molar-refractivity contribution in [3.63, 3.8) is 0 Å². The molecule has 3 heteroatoms. The normalized spacial score (nSPS) is 24.6. The molecule has 1 aliphatic rings. The Morgan fingerprint density at radius 1 is 1.60 bits per heavy atom. The van der Waals surface area contributed by atoms with Crippen molar-refractivity contribution in [2.24, 2.45) is 11.8 Å². The Morgan fingerprint density at radius 2 is 2.33 bits per heavy atom. The van der Waals surface area contributed by atoms with Gasteiger partial charge in [-0.25, -0.2) is 4.39 Å². The van der Waals surface area contributed by atoms with Crippen LogP contribution in [0.25, 0.3) is 0 Å². The molecule has 79 valence electrons. The lowest BCUT2D eigenvalue weighted by Gasteiger charge is -2.32. The first-order valence-electron chi connectivity index (χ1n) is 5.04. The zero-order chi connectivity index (χ0) is 10.8. The van der Waals surface area contributed by atoms with E-state index >= 15 is 0 Å². The lowest BCUT2D eigenvalue weighted by atomic mass is 9.72. The summed E-state index contributed by atoms with van der Waals surface area (Å²) < 4.78 is 12.8. The molecule has 1 aromatic carbocycles. The van der Waals surface area contributed by atoms with E-state index in [1.807, 2.05) is 6.07 Å². The van der Waals surface area contributed by atoms with Gasteiger partial charge in [-0.1, -0.05) is 12.1 Å². The smallest absolute Gasteiger partial charge is 0.306 e. The molecule has 0 aromatic heterocycles. The van der Waals surface area contributed by atoms with Crippen LogP contribution in [-0.4, -0.2) is 11.1 Å². The Labute approximate surface area is 87.7 Å². The van der Waals surface area contributed by atoms with Crippen LogP contribution in [0.15, 0.2) is 18.2 Å². The highest BCUT2D eigenvalue weighted by molar-refractivity contribution is 5.71. The maximum Gasteiger partial charge on any atom is 0.306 e. The molecule has 2 nitrogen and oxygen atoms in total. The van der Waals surface area contributed by atoms with Gasteiger partial charge >= 0.3 is 5.97 Å². The second-order valence-electron chi connectivity index (χ2n) is 4.12.